The number of carbonyl (C=O) groups excluding carboxylic acids is 1. The predicted molar refractivity (Wildman–Crippen MR) is 124 cm³/mol. The molecule has 4 nitrogen and oxygen atoms in total. The summed E-state index contributed by atoms with van der Waals surface area (Å²) in [6.45, 7) is 2.24. The molecule has 0 radical (unpaired) electrons. The molecule has 176 valence electrons. The fraction of sp³-hybridized carbons (Fsp3) is 0.696. The first kappa shape index (κ1) is 22.7. The second kappa shape index (κ2) is 8.95. The second-order valence-corrected chi connectivity index (χ2v) is 12.2. The molecule has 1 unspecified atom stereocenters. The number of morpholine rings is 1. The van der Waals surface area contributed by atoms with Gasteiger partial charge in [-0.1, -0.05) is 6.42 Å². The third kappa shape index (κ3) is 4.25. The van der Waals surface area contributed by atoms with Crippen molar-refractivity contribution in [1.82, 2.24) is 0 Å². The van der Waals surface area contributed by atoms with E-state index in [1.165, 1.54) is 24.0 Å². The molecule has 2 saturated heterocycles. The maximum absolute atomic E-state index is 13.4. The number of hydrogen-bond donors (Lipinski definition) is 1. The number of ether oxygens (including phenoxy) is 1. The van der Waals surface area contributed by atoms with Gasteiger partial charge in [0, 0.05) is 30.5 Å². The highest BCUT2D eigenvalue weighted by Gasteiger charge is 2.55. The molecule has 1 aromatic carbocycles. The third-order valence-electron chi connectivity index (χ3n) is 7.42. The molecule has 2 aliphatic carbocycles. The van der Waals surface area contributed by atoms with E-state index in [9.17, 15) is 18.0 Å². The first-order valence-electron chi connectivity index (χ1n) is 11.5. The van der Waals surface area contributed by atoms with Crippen molar-refractivity contribution in [2.45, 2.75) is 42.4 Å². The molecule has 1 N–H and O–H groups in total. The SMILES string of the molecule is O=C(Nc1cc(C(F)(F)F)ccc1N1CCOCC1)C1C[C@H]2CCC[C@@H](C1)C21SCCS1. The molecule has 4 fully saturated rings. The van der Waals surface area contributed by atoms with Crippen LogP contribution in [-0.2, 0) is 15.7 Å². The summed E-state index contributed by atoms with van der Waals surface area (Å²) in [4.78, 5) is 15.3. The Balaban J connectivity index is 1.37. The van der Waals surface area contributed by atoms with Crippen molar-refractivity contribution in [2.75, 3.05) is 48.0 Å². The number of nitrogens with one attached hydrogen (secondary N) is 1. The minimum absolute atomic E-state index is 0.126. The summed E-state index contributed by atoms with van der Waals surface area (Å²) in [5.74, 6) is 3.14. The minimum atomic E-state index is -4.45. The van der Waals surface area contributed by atoms with Gasteiger partial charge in [-0.3, -0.25) is 4.79 Å². The summed E-state index contributed by atoms with van der Waals surface area (Å²) in [5.41, 5.74) is 0.175. The van der Waals surface area contributed by atoms with Gasteiger partial charge in [-0.15, -0.1) is 23.5 Å². The van der Waals surface area contributed by atoms with Crippen LogP contribution in [0.2, 0.25) is 0 Å². The smallest absolute Gasteiger partial charge is 0.378 e. The van der Waals surface area contributed by atoms with Crippen LogP contribution in [0.5, 0.6) is 0 Å². The molecule has 0 aromatic heterocycles. The summed E-state index contributed by atoms with van der Waals surface area (Å²) in [6, 6.07) is 3.68. The lowest BCUT2D eigenvalue weighted by molar-refractivity contribution is -0.137. The largest absolute Gasteiger partial charge is 0.416 e. The number of anilines is 2. The highest BCUT2D eigenvalue weighted by molar-refractivity contribution is 8.21. The number of benzene rings is 1. The van der Waals surface area contributed by atoms with Gasteiger partial charge in [0.1, 0.15) is 0 Å². The van der Waals surface area contributed by atoms with E-state index in [1.807, 2.05) is 4.90 Å². The van der Waals surface area contributed by atoms with Crippen LogP contribution in [0, 0.1) is 17.8 Å². The Labute approximate surface area is 195 Å². The molecule has 2 aliphatic heterocycles. The van der Waals surface area contributed by atoms with Gasteiger partial charge in [0.05, 0.1) is 34.2 Å². The first-order chi connectivity index (χ1) is 15.4. The number of alkyl halides is 3. The van der Waals surface area contributed by atoms with Gasteiger partial charge in [-0.25, -0.2) is 0 Å². The Kier molecular flexibility index (Phi) is 6.35. The molecular formula is C23H29F3N2O2S2. The number of amides is 1. The fourth-order valence-corrected chi connectivity index (χ4v) is 9.89. The Morgan fingerprint density at radius 1 is 1.09 bits per heavy atom. The highest BCUT2D eigenvalue weighted by Crippen LogP contribution is 2.64. The highest BCUT2D eigenvalue weighted by atomic mass is 32.2. The van der Waals surface area contributed by atoms with E-state index in [0.717, 1.165) is 37.8 Å². The van der Waals surface area contributed by atoms with Crippen molar-refractivity contribution in [3.8, 4) is 0 Å². The normalized spacial score (nSPS) is 29.8. The number of carbonyl (C=O) groups is 1. The van der Waals surface area contributed by atoms with Crippen molar-refractivity contribution in [3.63, 3.8) is 0 Å². The molecule has 2 bridgehead atoms. The number of nitrogens with zero attached hydrogens (tertiary/aromatic N) is 1. The Morgan fingerprint density at radius 2 is 1.75 bits per heavy atom. The lowest BCUT2D eigenvalue weighted by atomic mass is 9.67. The molecule has 1 aromatic rings. The molecular weight excluding hydrogens is 457 g/mol. The average molecular weight is 487 g/mol. The number of halogens is 3. The summed E-state index contributed by atoms with van der Waals surface area (Å²) >= 11 is 4.18. The predicted octanol–water partition coefficient (Wildman–Crippen LogP) is 5.48. The lowest BCUT2D eigenvalue weighted by Gasteiger charge is -2.52. The zero-order chi connectivity index (χ0) is 22.3. The van der Waals surface area contributed by atoms with Gasteiger partial charge < -0.3 is 15.0 Å². The van der Waals surface area contributed by atoms with E-state index in [4.69, 9.17) is 4.74 Å². The summed E-state index contributed by atoms with van der Waals surface area (Å²) < 4.78 is 45.9. The van der Waals surface area contributed by atoms with Crippen LogP contribution in [0.1, 0.15) is 37.7 Å². The molecule has 32 heavy (non-hydrogen) atoms. The molecule has 2 heterocycles. The average Bonchev–Trinajstić information content (AvgIpc) is 3.23. The molecule has 9 heteroatoms. The van der Waals surface area contributed by atoms with Crippen LogP contribution in [0.4, 0.5) is 24.5 Å². The monoisotopic (exact) mass is 486 g/mol. The van der Waals surface area contributed by atoms with Crippen molar-refractivity contribution in [1.29, 1.82) is 0 Å². The van der Waals surface area contributed by atoms with Crippen LogP contribution < -0.4 is 10.2 Å². The van der Waals surface area contributed by atoms with Crippen LogP contribution in [0.25, 0.3) is 0 Å². The number of thioether (sulfide) groups is 2. The molecule has 2 saturated carbocycles. The van der Waals surface area contributed by atoms with Gasteiger partial charge in [0.2, 0.25) is 5.91 Å². The van der Waals surface area contributed by atoms with E-state index in [2.05, 4.69) is 28.8 Å². The Bertz CT molecular complexity index is 838. The van der Waals surface area contributed by atoms with Gasteiger partial charge in [0.25, 0.3) is 0 Å². The second-order valence-electron chi connectivity index (χ2n) is 9.23. The van der Waals surface area contributed by atoms with Gasteiger partial charge >= 0.3 is 6.18 Å². The van der Waals surface area contributed by atoms with Crippen molar-refractivity contribution in [3.05, 3.63) is 23.8 Å². The molecule has 4 aliphatic rings. The summed E-state index contributed by atoms with van der Waals surface area (Å²) in [7, 11) is 0. The summed E-state index contributed by atoms with van der Waals surface area (Å²) in [6.07, 6.45) is 0.767. The van der Waals surface area contributed by atoms with Crippen molar-refractivity contribution in [2.24, 2.45) is 17.8 Å². The Hall–Kier alpha value is -1.06. The maximum atomic E-state index is 13.4. The third-order valence-corrected chi connectivity index (χ3v) is 11.4. The standard InChI is InChI=1S/C23H29F3N2O2S2/c24-23(25,26)18-4-5-20(28-6-8-30-9-7-28)19(14-18)27-21(29)15-12-16-2-1-3-17(13-15)22(16)31-10-11-32-22/h4-5,14-17H,1-3,6-13H2,(H,27,29)/t15?,16-,17+. The van der Waals surface area contributed by atoms with E-state index < -0.39 is 11.7 Å². The van der Waals surface area contributed by atoms with Crippen molar-refractivity contribution >= 4 is 40.8 Å². The van der Waals surface area contributed by atoms with E-state index in [1.54, 1.807) is 0 Å². The van der Waals surface area contributed by atoms with E-state index in [-0.39, 0.29) is 21.6 Å². The van der Waals surface area contributed by atoms with Gasteiger partial charge in [-0.2, -0.15) is 13.2 Å². The van der Waals surface area contributed by atoms with E-state index >= 15 is 0 Å². The first-order valence-corrected chi connectivity index (χ1v) is 13.5. The van der Waals surface area contributed by atoms with Crippen LogP contribution in [0.15, 0.2) is 18.2 Å². The van der Waals surface area contributed by atoms with Crippen molar-refractivity contribution < 1.29 is 22.7 Å². The molecule has 3 atom stereocenters. The van der Waals surface area contributed by atoms with Crippen LogP contribution >= 0.6 is 23.5 Å². The van der Waals surface area contributed by atoms with Crippen LogP contribution in [0.3, 0.4) is 0 Å². The fourth-order valence-electron chi connectivity index (χ4n) is 5.95. The number of hydrogen-bond acceptors (Lipinski definition) is 5. The van der Waals surface area contributed by atoms with Gasteiger partial charge in [-0.05, 0) is 55.7 Å². The topological polar surface area (TPSA) is 41.6 Å². The molecule has 1 spiro atoms. The van der Waals surface area contributed by atoms with Crippen LogP contribution in [-0.4, -0.2) is 47.8 Å². The molecule has 5 rings (SSSR count). The zero-order valence-electron chi connectivity index (χ0n) is 18.0. The maximum Gasteiger partial charge on any atom is 0.416 e. The molecule has 1 amide bonds. The lowest BCUT2D eigenvalue weighted by Crippen LogP contribution is -2.48. The van der Waals surface area contributed by atoms with Gasteiger partial charge in [0.15, 0.2) is 0 Å². The van der Waals surface area contributed by atoms with E-state index in [0.29, 0.717) is 43.8 Å². The Morgan fingerprint density at radius 3 is 2.38 bits per heavy atom. The quantitative estimate of drug-likeness (QED) is 0.613. The summed E-state index contributed by atoms with van der Waals surface area (Å²) in [5, 5.41) is 2.92. The number of rotatable bonds is 3. The zero-order valence-corrected chi connectivity index (χ0v) is 19.6. The minimum Gasteiger partial charge on any atom is -0.378 e.